The predicted molar refractivity (Wildman–Crippen MR) is 52.4 cm³/mol. The number of hydrogen-bond donors (Lipinski definition) is 0. The van der Waals surface area contributed by atoms with Crippen LogP contribution in [-0.2, 0) is 0 Å². The van der Waals surface area contributed by atoms with E-state index in [-0.39, 0.29) is 0 Å². The second kappa shape index (κ2) is 3.78. The first-order valence-corrected chi connectivity index (χ1v) is 4.61. The molecule has 0 N–H and O–H groups in total. The average Bonchev–Trinajstić information content (AvgIpc) is 1.97. The number of rotatable bonds is 1. The highest BCUT2D eigenvalue weighted by Gasteiger charge is 2.16. The van der Waals surface area contributed by atoms with Crippen molar-refractivity contribution in [2.24, 2.45) is 4.99 Å². The van der Waals surface area contributed by atoms with Crippen LogP contribution in [0.5, 0.6) is 0 Å². The van der Waals surface area contributed by atoms with Gasteiger partial charge in [-0.25, -0.2) is 0 Å². The summed E-state index contributed by atoms with van der Waals surface area (Å²) in [6, 6.07) is 0.392. The molecular formula is C9H19N3. The van der Waals surface area contributed by atoms with Crippen LogP contribution in [0.2, 0.25) is 0 Å². The molecule has 70 valence electrons. The smallest absolute Gasteiger partial charge is 0.196 e. The van der Waals surface area contributed by atoms with E-state index in [0.29, 0.717) is 6.04 Å². The second-order valence-corrected chi connectivity index (χ2v) is 3.72. The van der Waals surface area contributed by atoms with Gasteiger partial charge in [-0.1, -0.05) is 0 Å². The molecule has 0 spiro atoms. The number of nitrogens with zero attached hydrogens (tertiary/aromatic N) is 3. The fourth-order valence-corrected chi connectivity index (χ4v) is 1.46. The van der Waals surface area contributed by atoms with Gasteiger partial charge in [0.25, 0.3) is 0 Å². The van der Waals surface area contributed by atoms with Crippen LogP contribution in [0, 0.1) is 0 Å². The third-order valence-electron chi connectivity index (χ3n) is 2.04. The Kier molecular flexibility index (Phi) is 2.95. The fourth-order valence-electron chi connectivity index (χ4n) is 1.46. The van der Waals surface area contributed by atoms with Gasteiger partial charge < -0.3 is 9.80 Å². The zero-order valence-electron chi connectivity index (χ0n) is 8.54. The molecule has 0 bridgehead atoms. The first-order valence-electron chi connectivity index (χ1n) is 4.61. The maximum atomic E-state index is 4.57. The van der Waals surface area contributed by atoms with E-state index in [1.807, 2.05) is 0 Å². The third-order valence-corrected chi connectivity index (χ3v) is 2.04. The highest BCUT2D eigenvalue weighted by atomic mass is 15.4. The van der Waals surface area contributed by atoms with E-state index < -0.39 is 0 Å². The molecule has 0 atom stereocenters. The first kappa shape index (κ1) is 9.36. The Bertz CT molecular complexity index is 163. The largest absolute Gasteiger partial charge is 0.346 e. The normalized spacial score (nSPS) is 18.9. The molecule has 3 heteroatoms. The third kappa shape index (κ3) is 2.13. The number of hydrogen-bond acceptors (Lipinski definition) is 1. The van der Waals surface area contributed by atoms with Crippen LogP contribution in [-0.4, -0.2) is 49.0 Å². The molecule has 0 radical (unpaired) electrons. The Hall–Kier alpha value is -0.730. The molecule has 3 nitrogen and oxygen atoms in total. The van der Waals surface area contributed by atoms with E-state index in [2.05, 4.69) is 42.7 Å². The van der Waals surface area contributed by atoms with E-state index >= 15 is 0 Å². The van der Waals surface area contributed by atoms with Gasteiger partial charge in [0.1, 0.15) is 0 Å². The molecule has 1 rings (SSSR count). The summed E-state index contributed by atoms with van der Waals surface area (Å²) < 4.78 is 0. The minimum atomic E-state index is 0.392. The lowest BCUT2D eigenvalue weighted by molar-refractivity contribution is 0.315. The van der Waals surface area contributed by atoms with Crippen LogP contribution < -0.4 is 0 Å². The molecule has 1 heterocycles. The monoisotopic (exact) mass is 169 g/mol. The summed E-state index contributed by atoms with van der Waals surface area (Å²) in [5.41, 5.74) is 0. The van der Waals surface area contributed by atoms with Crippen LogP contribution in [0.1, 0.15) is 20.3 Å². The summed E-state index contributed by atoms with van der Waals surface area (Å²) in [7, 11) is 4.22. The standard InChI is InChI=1S/C9H19N3/c1-8(2)10-9-11(3)6-5-7-12(9)4/h8H,5-7H2,1-4H3. The van der Waals surface area contributed by atoms with E-state index in [1.165, 1.54) is 6.42 Å². The molecule has 12 heavy (non-hydrogen) atoms. The van der Waals surface area contributed by atoms with Gasteiger partial charge in [0.2, 0.25) is 0 Å². The summed E-state index contributed by atoms with van der Waals surface area (Å²) in [6.45, 7) is 6.50. The Morgan fingerprint density at radius 1 is 1.17 bits per heavy atom. The molecule has 0 unspecified atom stereocenters. The molecule has 0 aliphatic carbocycles. The van der Waals surface area contributed by atoms with E-state index in [1.54, 1.807) is 0 Å². The van der Waals surface area contributed by atoms with Gasteiger partial charge in [0.15, 0.2) is 5.96 Å². The minimum absolute atomic E-state index is 0.392. The van der Waals surface area contributed by atoms with E-state index in [4.69, 9.17) is 0 Å². The van der Waals surface area contributed by atoms with Crippen LogP contribution in [0.25, 0.3) is 0 Å². The topological polar surface area (TPSA) is 18.8 Å². The number of aliphatic imine (C=N–C) groups is 1. The highest BCUT2D eigenvalue weighted by Crippen LogP contribution is 2.05. The Morgan fingerprint density at radius 3 is 2.08 bits per heavy atom. The fraction of sp³-hybridized carbons (Fsp3) is 0.889. The van der Waals surface area contributed by atoms with Gasteiger partial charge >= 0.3 is 0 Å². The molecule has 1 saturated heterocycles. The molecule has 1 fully saturated rings. The van der Waals surface area contributed by atoms with Crippen LogP contribution >= 0.6 is 0 Å². The quantitative estimate of drug-likeness (QED) is 0.583. The van der Waals surface area contributed by atoms with Crippen molar-refractivity contribution in [2.45, 2.75) is 26.3 Å². The van der Waals surface area contributed by atoms with Gasteiger partial charge in [0, 0.05) is 33.2 Å². The zero-order chi connectivity index (χ0) is 9.14. The van der Waals surface area contributed by atoms with Crippen LogP contribution in [0.15, 0.2) is 4.99 Å². The number of guanidine groups is 1. The Balaban J connectivity index is 2.69. The molecular weight excluding hydrogens is 150 g/mol. The van der Waals surface area contributed by atoms with Crippen molar-refractivity contribution >= 4 is 5.96 Å². The molecule has 1 aliphatic heterocycles. The van der Waals surface area contributed by atoms with E-state index in [9.17, 15) is 0 Å². The summed E-state index contributed by atoms with van der Waals surface area (Å²) in [4.78, 5) is 9.02. The first-order chi connectivity index (χ1) is 5.61. The van der Waals surface area contributed by atoms with Gasteiger partial charge in [-0.15, -0.1) is 0 Å². The van der Waals surface area contributed by atoms with Gasteiger partial charge in [-0.3, -0.25) is 4.99 Å². The van der Waals surface area contributed by atoms with Gasteiger partial charge in [-0.2, -0.15) is 0 Å². The van der Waals surface area contributed by atoms with Crippen LogP contribution in [0.3, 0.4) is 0 Å². The van der Waals surface area contributed by atoms with Crippen LogP contribution in [0.4, 0.5) is 0 Å². The van der Waals surface area contributed by atoms with Crippen molar-refractivity contribution in [1.82, 2.24) is 9.80 Å². The molecule has 0 aromatic rings. The maximum absolute atomic E-state index is 4.57. The molecule has 0 aromatic heterocycles. The maximum Gasteiger partial charge on any atom is 0.196 e. The minimum Gasteiger partial charge on any atom is -0.346 e. The summed E-state index contributed by atoms with van der Waals surface area (Å²) >= 11 is 0. The molecule has 0 amide bonds. The summed E-state index contributed by atoms with van der Waals surface area (Å²) in [5.74, 6) is 1.14. The Morgan fingerprint density at radius 2 is 1.67 bits per heavy atom. The lowest BCUT2D eigenvalue weighted by Crippen LogP contribution is -2.46. The SMILES string of the molecule is CC(C)N=C1N(C)CCCN1C. The van der Waals surface area contributed by atoms with Crippen molar-refractivity contribution in [3.05, 3.63) is 0 Å². The molecule has 1 aliphatic rings. The Labute approximate surface area is 75.1 Å². The highest BCUT2D eigenvalue weighted by molar-refractivity contribution is 5.80. The molecule has 0 aromatic carbocycles. The predicted octanol–water partition coefficient (Wildman–Crippen LogP) is 1.02. The van der Waals surface area contributed by atoms with Crippen molar-refractivity contribution < 1.29 is 0 Å². The second-order valence-electron chi connectivity index (χ2n) is 3.72. The van der Waals surface area contributed by atoms with Crippen molar-refractivity contribution in [2.75, 3.05) is 27.2 Å². The van der Waals surface area contributed by atoms with Crippen molar-refractivity contribution in [3.63, 3.8) is 0 Å². The van der Waals surface area contributed by atoms with E-state index in [0.717, 1.165) is 19.0 Å². The summed E-state index contributed by atoms with van der Waals surface area (Å²) in [6.07, 6.45) is 1.24. The van der Waals surface area contributed by atoms with Crippen molar-refractivity contribution in [1.29, 1.82) is 0 Å². The lowest BCUT2D eigenvalue weighted by Gasteiger charge is -2.34. The van der Waals surface area contributed by atoms with Gasteiger partial charge in [0.05, 0.1) is 0 Å². The van der Waals surface area contributed by atoms with Gasteiger partial charge in [-0.05, 0) is 20.3 Å². The average molecular weight is 169 g/mol. The molecule has 0 saturated carbocycles. The lowest BCUT2D eigenvalue weighted by atomic mass is 10.3. The zero-order valence-corrected chi connectivity index (χ0v) is 8.54. The van der Waals surface area contributed by atoms with Crippen molar-refractivity contribution in [3.8, 4) is 0 Å². The summed E-state index contributed by atoms with van der Waals surface area (Å²) in [5, 5.41) is 0.